The van der Waals surface area contributed by atoms with Crippen LogP contribution in [0.3, 0.4) is 0 Å². The van der Waals surface area contributed by atoms with Crippen LogP contribution in [0.4, 0.5) is 0 Å². The van der Waals surface area contributed by atoms with Crippen molar-refractivity contribution in [3.8, 4) is 0 Å². The quantitative estimate of drug-likeness (QED) is 0.480. The lowest BCUT2D eigenvalue weighted by atomic mass is 9.89. The predicted molar refractivity (Wildman–Crippen MR) is 75.3 cm³/mol. The second kappa shape index (κ2) is 4.72. The summed E-state index contributed by atoms with van der Waals surface area (Å²) in [5.41, 5.74) is 0.778. The first-order chi connectivity index (χ1) is 9.53. The van der Waals surface area contributed by atoms with Gasteiger partial charge in [0.15, 0.2) is 0 Å². The van der Waals surface area contributed by atoms with E-state index in [9.17, 15) is 9.59 Å². The Labute approximate surface area is 119 Å². The zero-order valence-electron chi connectivity index (χ0n) is 12.0. The Morgan fingerprint density at radius 1 is 1.20 bits per heavy atom. The molecule has 1 unspecified atom stereocenters. The minimum atomic E-state index is -0.707. The molecule has 0 saturated heterocycles. The number of Topliss-reactive ketones (excluding diaryl/α,β-unsaturated/α-hetero) is 1. The first-order valence-electron chi connectivity index (χ1n) is 7.33. The van der Waals surface area contributed by atoms with Gasteiger partial charge in [-0.05, 0) is 36.5 Å². The fourth-order valence-corrected chi connectivity index (χ4v) is 3.74. The predicted octanol–water partition coefficient (Wildman–Crippen LogP) is 3.24. The zero-order chi connectivity index (χ0) is 14.3. The Morgan fingerprint density at radius 3 is 2.50 bits per heavy atom. The van der Waals surface area contributed by atoms with Crippen molar-refractivity contribution in [2.75, 3.05) is 0 Å². The first kappa shape index (κ1) is 13.3. The molecule has 0 radical (unpaired) electrons. The van der Waals surface area contributed by atoms with Crippen LogP contribution in [0.25, 0.3) is 0 Å². The summed E-state index contributed by atoms with van der Waals surface area (Å²) >= 11 is 0. The molecule has 0 N–H and O–H groups in total. The standard InChI is InChI=1S/C17H20O3/c1-11(2)17-9-13(17)8-14(10-17)20-16(19)15(18)12-6-4-3-5-7-12/h3-7,11,13-14H,8-10H2,1-2H3/t13?,14-,17-/m0/s1. The summed E-state index contributed by atoms with van der Waals surface area (Å²) in [7, 11) is 0. The number of ketones is 1. The smallest absolute Gasteiger partial charge is 0.379 e. The fourth-order valence-electron chi connectivity index (χ4n) is 3.74. The highest BCUT2D eigenvalue weighted by Gasteiger charge is 2.62. The van der Waals surface area contributed by atoms with Crippen LogP contribution in [0.2, 0.25) is 0 Å². The van der Waals surface area contributed by atoms with E-state index in [1.807, 2.05) is 6.07 Å². The average molecular weight is 272 g/mol. The number of benzene rings is 1. The van der Waals surface area contributed by atoms with Crippen molar-refractivity contribution in [2.45, 2.75) is 39.2 Å². The first-order valence-corrected chi connectivity index (χ1v) is 7.33. The molecule has 0 spiro atoms. The Hall–Kier alpha value is -1.64. The van der Waals surface area contributed by atoms with Gasteiger partial charge < -0.3 is 4.74 Å². The second-order valence-electron chi connectivity index (χ2n) is 6.45. The van der Waals surface area contributed by atoms with Gasteiger partial charge in [-0.3, -0.25) is 4.79 Å². The Kier molecular flexibility index (Phi) is 3.15. The van der Waals surface area contributed by atoms with Gasteiger partial charge in [0, 0.05) is 5.56 Å². The van der Waals surface area contributed by atoms with Gasteiger partial charge in [0.2, 0.25) is 0 Å². The molecule has 20 heavy (non-hydrogen) atoms. The van der Waals surface area contributed by atoms with Gasteiger partial charge in [0.1, 0.15) is 6.10 Å². The molecular weight excluding hydrogens is 252 g/mol. The molecule has 2 aliphatic carbocycles. The third-order valence-electron chi connectivity index (χ3n) is 5.08. The molecule has 2 fully saturated rings. The van der Waals surface area contributed by atoms with Gasteiger partial charge in [-0.15, -0.1) is 0 Å². The van der Waals surface area contributed by atoms with E-state index in [4.69, 9.17) is 4.74 Å². The van der Waals surface area contributed by atoms with E-state index in [2.05, 4.69) is 13.8 Å². The summed E-state index contributed by atoms with van der Waals surface area (Å²) in [5.74, 6) is 0.0688. The van der Waals surface area contributed by atoms with Crippen LogP contribution >= 0.6 is 0 Å². The molecule has 0 aromatic heterocycles. The molecule has 2 saturated carbocycles. The fraction of sp³-hybridized carbons (Fsp3) is 0.529. The van der Waals surface area contributed by atoms with Crippen LogP contribution < -0.4 is 0 Å². The van der Waals surface area contributed by atoms with E-state index < -0.39 is 11.8 Å². The molecule has 1 aromatic rings. The Morgan fingerprint density at radius 2 is 1.90 bits per heavy atom. The van der Waals surface area contributed by atoms with Gasteiger partial charge in [0.25, 0.3) is 5.78 Å². The lowest BCUT2D eigenvalue weighted by molar-refractivity contribution is -0.143. The lowest BCUT2D eigenvalue weighted by Gasteiger charge is -2.19. The normalized spacial score (nSPS) is 30.9. The second-order valence-corrected chi connectivity index (χ2v) is 6.45. The van der Waals surface area contributed by atoms with E-state index in [0.717, 1.165) is 12.8 Å². The number of hydrogen-bond acceptors (Lipinski definition) is 3. The molecule has 3 nitrogen and oxygen atoms in total. The maximum atomic E-state index is 12.0. The van der Waals surface area contributed by atoms with Crippen LogP contribution in [-0.4, -0.2) is 17.9 Å². The Balaban J connectivity index is 1.60. The molecule has 3 atom stereocenters. The van der Waals surface area contributed by atoms with Crippen molar-refractivity contribution in [3.05, 3.63) is 35.9 Å². The van der Waals surface area contributed by atoms with Crippen molar-refractivity contribution in [2.24, 2.45) is 17.3 Å². The van der Waals surface area contributed by atoms with E-state index in [1.165, 1.54) is 6.42 Å². The number of esters is 1. The zero-order valence-corrected chi connectivity index (χ0v) is 12.0. The third kappa shape index (κ3) is 2.15. The Bertz CT molecular complexity index is 534. The van der Waals surface area contributed by atoms with Crippen molar-refractivity contribution in [3.63, 3.8) is 0 Å². The summed E-state index contributed by atoms with van der Waals surface area (Å²) in [6.07, 6.45) is 3.02. The van der Waals surface area contributed by atoms with Crippen molar-refractivity contribution >= 4 is 11.8 Å². The number of carbonyl (C=O) groups is 2. The van der Waals surface area contributed by atoms with Gasteiger partial charge in [-0.2, -0.15) is 0 Å². The van der Waals surface area contributed by atoms with Crippen LogP contribution in [0, 0.1) is 17.3 Å². The molecule has 3 rings (SSSR count). The number of hydrogen-bond donors (Lipinski definition) is 0. The number of fused-ring (bicyclic) bond motifs is 1. The highest BCUT2D eigenvalue weighted by Crippen LogP contribution is 2.67. The molecule has 2 aliphatic rings. The summed E-state index contributed by atoms with van der Waals surface area (Å²) in [6, 6.07) is 8.60. The number of carbonyl (C=O) groups excluding carboxylic acids is 2. The van der Waals surface area contributed by atoms with Gasteiger partial charge in [0.05, 0.1) is 0 Å². The summed E-state index contributed by atoms with van der Waals surface area (Å²) < 4.78 is 5.42. The SMILES string of the molecule is CC(C)[C@@]12CC1C[C@H](OC(=O)C(=O)c1ccccc1)C2. The number of rotatable bonds is 4. The highest BCUT2D eigenvalue weighted by molar-refractivity contribution is 6.40. The molecule has 1 aromatic carbocycles. The average Bonchev–Trinajstić information content (AvgIpc) is 3.02. The monoisotopic (exact) mass is 272 g/mol. The lowest BCUT2D eigenvalue weighted by Crippen LogP contribution is -2.25. The molecular formula is C17H20O3. The molecule has 0 heterocycles. The molecule has 3 heteroatoms. The molecule has 106 valence electrons. The van der Waals surface area contributed by atoms with E-state index >= 15 is 0 Å². The highest BCUT2D eigenvalue weighted by atomic mass is 16.5. The number of ether oxygens (including phenoxy) is 1. The van der Waals surface area contributed by atoms with Crippen molar-refractivity contribution in [1.29, 1.82) is 0 Å². The van der Waals surface area contributed by atoms with Crippen LogP contribution in [-0.2, 0) is 9.53 Å². The largest absolute Gasteiger partial charge is 0.456 e. The van der Waals surface area contributed by atoms with Crippen LogP contribution in [0.15, 0.2) is 30.3 Å². The maximum absolute atomic E-state index is 12.0. The van der Waals surface area contributed by atoms with Crippen LogP contribution in [0.1, 0.15) is 43.5 Å². The van der Waals surface area contributed by atoms with Gasteiger partial charge in [-0.1, -0.05) is 44.2 Å². The third-order valence-corrected chi connectivity index (χ3v) is 5.08. The van der Waals surface area contributed by atoms with E-state index in [1.54, 1.807) is 24.3 Å². The molecule has 0 amide bonds. The van der Waals surface area contributed by atoms with Crippen molar-refractivity contribution in [1.82, 2.24) is 0 Å². The van der Waals surface area contributed by atoms with Gasteiger partial charge >= 0.3 is 5.97 Å². The van der Waals surface area contributed by atoms with Gasteiger partial charge in [-0.25, -0.2) is 4.79 Å². The minimum Gasteiger partial charge on any atom is -0.456 e. The molecule has 0 aliphatic heterocycles. The minimum absolute atomic E-state index is 0.0729. The molecule has 0 bridgehead atoms. The van der Waals surface area contributed by atoms with E-state index in [-0.39, 0.29) is 6.10 Å². The topological polar surface area (TPSA) is 43.4 Å². The summed E-state index contributed by atoms with van der Waals surface area (Å²) in [6.45, 7) is 4.47. The van der Waals surface area contributed by atoms with Crippen molar-refractivity contribution < 1.29 is 14.3 Å². The summed E-state index contributed by atoms with van der Waals surface area (Å²) in [4.78, 5) is 23.9. The summed E-state index contributed by atoms with van der Waals surface area (Å²) in [5, 5.41) is 0. The van der Waals surface area contributed by atoms with Crippen LogP contribution in [0.5, 0.6) is 0 Å². The maximum Gasteiger partial charge on any atom is 0.379 e. The van der Waals surface area contributed by atoms with E-state index in [0.29, 0.717) is 22.8 Å².